The van der Waals surface area contributed by atoms with Crippen LogP contribution in [0.25, 0.3) is 0 Å². The van der Waals surface area contributed by atoms with Gasteiger partial charge < -0.3 is 5.32 Å². The molecular weight excluding hydrogens is 162 g/mol. The highest BCUT2D eigenvalue weighted by Gasteiger charge is 1.98. The zero-order chi connectivity index (χ0) is 9.52. The molecule has 0 saturated heterocycles. The van der Waals surface area contributed by atoms with Gasteiger partial charge in [0.25, 0.3) is 0 Å². The van der Waals surface area contributed by atoms with Crippen molar-refractivity contribution in [1.82, 2.24) is 9.78 Å². The van der Waals surface area contributed by atoms with E-state index in [1.807, 2.05) is 16.9 Å². The van der Waals surface area contributed by atoms with E-state index in [1.165, 1.54) is 19.3 Å². The minimum absolute atomic E-state index is 0.958. The summed E-state index contributed by atoms with van der Waals surface area (Å²) >= 11 is 0. The summed E-state index contributed by atoms with van der Waals surface area (Å²) in [5.74, 6) is 1.14. The van der Waals surface area contributed by atoms with Crippen LogP contribution in [-0.4, -0.2) is 16.3 Å². The third-order valence-electron chi connectivity index (χ3n) is 2.05. The molecule has 0 fully saturated rings. The Bertz CT molecular complexity index is 230. The fourth-order valence-electron chi connectivity index (χ4n) is 1.35. The molecule has 0 aliphatic heterocycles. The van der Waals surface area contributed by atoms with E-state index in [4.69, 9.17) is 0 Å². The zero-order valence-corrected chi connectivity index (χ0v) is 8.58. The van der Waals surface area contributed by atoms with Crippen LogP contribution in [0.3, 0.4) is 0 Å². The van der Waals surface area contributed by atoms with Crippen LogP contribution in [0, 0.1) is 0 Å². The molecule has 1 N–H and O–H groups in total. The fourth-order valence-corrected chi connectivity index (χ4v) is 1.35. The molecule has 0 amide bonds. The molecule has 3 nitrogen and oxygen atoms in total. The van der Waals surface area contributed by atoms with Crippen LogP contribution >= 0.6 is 0 Å². The van der Waals surface area contributed by atoms with Crippen molar-refractivity contribution < 1.29 is 0 Å². The minimum atomic E-state index is 0.958. The number of nitrogens with one attached hydrogen (secondary N) is 1. The molecule has 1 aromatic heterocycles. The maximum atomic E-state index is 4.26. The van der Waals surface area contributed by atoms with Gasteiger partial charge in [0.15, 0.2) is 0 Å². The van der Waals surface area contributed by atoms with E-state index in [1.54, 1.807) is 0 Å². The maximum Gasteiger partial charge on any atom is 0.124 e. The fraction of sp³-hybridized carbons (Fsp3) is 0.700. The van der Waals surface area contributed by atoms with E-state index < -0.39 is 0 Å². The van der Waals surface area contributed by atoms with Crippen LogP contribution < -0.4 is 5.32 Å². The van der Waals surface area contributed by atoms with Crippen molar-refractivity contribution in [3.05, 3.63) is 12.3 Å². The van der Waals surface area contributed by atoms with Gasteiger partial charge in [0.2, 0.25) is 0 Å². The normalized spacial score (nSPS) is 10.3. The SMILES string of the molecule is CCCCCn1nccc1NCC. The minimum Gasteiger partial charge on any atom is -0.371 e. The van der Waals surface area contributed by atoms with Crippen molar-refractivity contribution in [2.45, 2.75) is 39.7 Å². The van der Waals surface area contributed by atoms with E-state index in [0.717, 1.165) is 18.9 Å². The quantitative estimate of drug-likeness (QED) is 0.683. The molecule has 0 saturated carbocycles. The van der Waals surface area contributed by atoms with Crippen LogP contribution in [-0.2, 0) is 6.54 Å². The van der Waals surface area contributed by atoms with Crippen LogP contribution in [0.4, 0.5) is 5.82 Å². The van der Waals surface area contributed by atoms with Crippen molar-refractivity contribution in [3.8, 4) is 0 Å². The summed E-state index contributed by atoms with van der Waals surface area (Å²) in [6.45, 7) is 6.31. The highest BCUT2D eigenvalue weighted by molar-refractivity contribution is 5.33. The second kappa shape index (κ2) is 5.62. The molecule has 74 valence electrons. The van der Waals surface area contributed by atoms with Gasteiger partial charge in [-0.25, -0.2) is 4.68 Å². The lowest BCUT2D eigenvalue weighted by atomic mass is 10.2. The van der Waals surface area contributed by atoms with E-state index in [0.29, 0.717) is 0 Å². The van der Waals surface area contributed by atoms with Gasteiger partial charge in [-0.1, -0.05) is 19.8 Å². The summed E-state index contributed by atoms with van der Waals surface area (Å²) in [6.07, 6.45) is 5.61. The average Bonchev–Trinajstić information content (AvgIpc) is 2.54. The summed E-state index contributed by atoms with van der Waals surface area (Å²) in [4.78, 5) is 0. The summed E-state index contributed by atoms with van der Waals surface area (Å²) in [5.41, 5.74) is 0. The van der Waals surface area contributed by atoms with Crippen molar-refractivity contribution in [1.29, 1.82) is 0 Å². The van der Waals surface area contributed by atoms with Crippen LogP contribution in [0.15, 0.2) is 12.3 Å². The number of nitrogens with zero attached hydrogens (tertiary/aromatic N) is 2. The second-order valence-corrected chi connectivity index (χ2v) is 3.18. The Balaban J connectivity index is 2.40. The third kappa shape index (κ3) is 3.09. The lowest BCUT2D eigenvalue weighted by Gasteiger charge is -2.07. The van der Waals surface area contributed by atoms with Crippen molar-refractivity contribution in [2.75, 3.05) is 11.9 Å². The van der Waals surface area contributed by atoms with Gasteiger partial charge in [-0.15, -0.1) is 0 Å². The highest BCUT2D eigenvalue weighted by atomic mass is 15.3. The number of rotatable bonds is 6. The summed E-state index contributed by atoms with van der Waals surface area (Å²) in [5, 5.41) is 7.54. The Kier molecular flexibility index (Phi) is 4.36. The molecule has 0 aromatic carbocycles. The van der Waals surface area contributed by atoms with Gasteiger partial charge in [0.05, 0.1) is 6.20 Å². The lowest BCUT2D eigenvalue weighted by Crippen LogP contribution is -2.07. The van der Waals surface area contributed by atoms with Crippen molar-refractivity contribution >= 4 is 5.82 Å². The predicted molar refractivity (Wildman–Crippen MR) is 55.9 cm³/mol. The Labute approximate surface area is 80.1 Å². The van der Waals surface area contributed by atoms with Crippen molar-refractivity contribution in [3.63, 3.8) is 0 Å². The molecule has 1 heterocycles. The molecule has 1 rings (SSSR count). The number of hydrogen-bond acceptors (Lipinski definition) is 2. The van der Waals surface area contributed by atoms with E-state index >= 15 is 0 Å². The highest BCUT2D eigenvalue weighted by Crippen LogP contribution is 2.07. The molecular formula is C10H19N3. The Morgan fingerprint density at radius 2 is 2.23 bits per heavy atom. The molecule has 0 bridgehead atoms. The lowest BCUT2D eigenvalue weighted by molar-refractivity contribution is 0.557. The molecule has 0 unspecified atom stereocenters. The number of aryl methyl sites for hydroxylation is 1. The smallest absolute Gasteiger partial charge is 0.124 e. The van der Waals surface area contributed by atoms with E-state index in [9.17, 15) is 0 Å². The van der Waals surface area contributed by atoms with Gasteiger partial charge in [-0.05, 0) is 13.3 Å². The summed E-state index contributed by atoms with van der Waals surface area (Å²) in [7, 11) is 0. The molecule has 3 heteroatoms. The number of hydrogen-bond donors (Lipinski definition) is 1. The number of unbranched alkanes of at least 4 members (excludes halogenated alkanes) is 2. The Morgan fingerprint density at radius 1 is 1.38 bits per heavy atom. The Morgan fingerprint density at radius 3 is 2.92 bits per heavy atom. The maximum absolute atomic E-state index is 4.26. The Hall–Kier alpha value is -0.990. The molecule has 1 aromatic rings. The predicted octanol–water partition coefficient (Wildman–Crippen LogP) is 2.51. The van der Waals surface area contributed by atoms with Crippen molar-refractivity contribution in [2.24, 2.45) is 0 Å². The van der Waals surface area contributed by atoms with Gasteiger partial charge in [0.1, 0.15) is 5.82 Å². The van der Waals surface area contributed by atoms with E-state index in [-0.39, 0.29) is 0 Å². The van der Waals surface area contributed by atoms with Crippen LogP contribution in [0.2, 0.25) is 0 Å². The van der Waals surface area contributed by atoms with Gasteiger partial charge in [0, 0.05) is 19.2 Å². The number of anilines is 1. The third-order valence-corrected chi connectivity index (χ3v) is 2.05. The standard InChI is InChI=1S/C10H19N3/c1-3-5-6-9-13-10(11-4-2)7-8-12-13/h7-8,11H,3-6,9H2,1-2H3. The molecule has 13 heavy (non-hydrogen) atoms. The molecule has 0 aliphatic rings. The first-order valence-electron chi connectivity index (χ1n) is 5.14. The summed E-state index contributed by atoms with van der Waals surface area (Å²) < 4.78 is 2.04. The number of aromatic nitrogens is 2. The second-order valence-electron chi connectivity index (χ2n) is 3.18. The topological polar surface area (TPSA) is 29.9 Å². The largest absolute Gasteiger partial charge is 0.371 e. The van der Waals surface area contributed by atoms with E-state index in [2.05, 4.69) is 24.3 Å². The first-order valence-corrected chi connectivity index (χ1v) is 5.14. The monoisotopic (exact) mass is 181 g/mol. The van der Waals surface area contributed by atoms with Crippen LogP contribution in [0.1, 0.15) is 33.1 Å². The molecule has 0 radical (unpaired) electrons. The van der Waals surface area contributed by atoms with Gasteiger partial charge >= 0.3 is 0 Å². The molecule has 0 aliphatic carbocycles. The zero-order valence-electron chi connectivity index (χ0n) is 8.58. The molecule has 0 atom stereocenters. The first-order chi connectivity index (χ1) is 6.38. The van der Waals surface area contributed by atoms with Gasteiger partial charge in [-0.2, -0.15) is 5.10 Å². The first kappa shape index (κ1) is 10.1. The van der Waals surface area contributed by atoms with Gasteiger partial charge in [-0.3, -0.25) is 0 Å². The summed E-state index contributed by atoms with van der Waals surface area (Å²) in [6, 6.07) is 2.02. The average molecular weight is 181 g/mol. The molecule has 0 spiro atoms. The van der Waals surface area contributed by atoms with Crippen LogP contribution in [0.5, 0.6) is 0 Å².